The minimum absolute atomic E-state index is 0. The highest BCUT2D eigenvalue weighted by Crippen LogP contribution is 2.22. The Morgan fingerprint density at radius 1 is 1.20 bits per heavy atom. The van der Waals surface area contributed by atoms with Crippen LogP contribution in [0.2, 0.25) is 0 Å². The Balaban J connectivity index is 0.00000312. The van der Waals surface area contributed by atoms with Crippen molar-refractivity contribution in [3.63, 3.8) is 0 Å². The van der Waals surface area contributed by atoms with Gasteiger partial charge < -0.3 is 21.7 Å². The Labute approximate surface area is 156 Å². The maximum Gasteiger partial charge on any atom is 0.319 e. The summed E-state index contributed by atoms with van der Waals surface area (Å²) in [5.74, 6) is -0.326. The molecule has 1 aromatic carbocycles. The van der Waals surface area contributed by atoms with Gasteiger partial charge in [-0.1, -0.05) is 12.1 Å². The fourth-order valence-electron chi connectivity index (χ4n) is 1.96. The standard InChI is InChI=1S/C16H21N5O2S.ClH/c1-10(2)18-16(23)21-12-6-4-3-5-11(12)20-15(22)13-9-24-14(19-13)7-8-17;/h3-6,9-10H,7-8,17H2,1-2H3,(H,20,22)(H2,18,21,23);1H. The molecule has 0 radical (unpaired) electrons. The summed E-state index contributed by atoms with van der Waals surface area (Å²) >= 11 is 1.40. The van der Waals surface area contributed by atoms with Crippen LogP contribution in [0.25, 0.3) is 0 Å². The number of anilines is 2. The first kappa shape index (κ1) is 20.9. The molecule has 0 aliphatic heterocycles. The highest BCUT2D eigenvalue weighted by molar-refractivity contribution is 7.09. The Bertz CT molecular complexity index is 720. The lowest BCUT2D eigenvalue weighted by atomic mass is 10.2. The molecule has 0 atom stereocenters. The first-order valence-corrected chi connectivity index (χ1v) is 8.50. The summed E-state index contributed by atoms with van der Waals surface area (Å²) in [4.78, 5) is 28.4. The second-order valence-corrected chi connectivity index (χ2v) is 6.36. The molecule has 7 nitrogen and oxygen atoms in total. The van der Waals surface area contributed by atoms with E-state index in [9.17, 15) is 9.59 Å². The predicted octanol–water partition coefficient (Wildman–Crippen LogP) is 2.85. The third kappa shape index (κ3) is 6.33. The zero-order valence-corrected chi connectivity index (χ0v) is 15.7. The Morgan fingerprint density at radius 2 is 1.84 bits per heavy atom. The summed E-state index contributed by atoms with van der Waals surface area (Å²) in [5, 5.41) is 10.8. The minimum Gasteiger partial charge on any atom is -0.336 e. The van der Waals surface area contributed by atoms with E-state index >= 15 is 0 Å². The van der Waals surface area contributed by atoms with Crippen LogP contribution >= 0.6 is 23.7 Å². The molecule has 0 bridgehead atoms. The fourth-order valence-corrected chi connectivity index (χ4v) is 2.76. The van der Waals surface area contributed by atoms with Gasteiger partial charge >= 0.3 is 6.03 Å². The van der Waals surface area contributed by atoms with Crippen LogP contribution in [-0.4, -0.2) is 29.5 Å². The van der Waals surface area contributed by atoms with E-state index in [-0.39, 0.29) is 30.4 Å². The van der Waals surface area contributed by atoms with Crippen molar-refractivity contribution in [2.45, 2.75) is 26.3 Å². The summed E-state index contributed by atoms with van der Waals surface area (Å²) in [6.07, 6.45) is 0.644. The maximum atomic E-state index is 12.3. The lowest BCUT2D eigenvalue weighted by Gasteiger charge is -2.13. The first-order chi connectivity index (χ1) is 11.5. The normalized spacial score (nSPS) is 10.1. The predicted molar refractivity (Wildman–Crippen MR) is 104 cm³/mol. The number of nitrogens with zero attached hydrogens (tertiary/aromatic N) is 1. The highest BCUT2D eigenvalue weighted by atomic mass is 35.5. The van der Waals surface area contributed by atoms with Crippen molar-refractivity contribution in [2.24, 2.45) is 5.73 Å². The molecule has 0 aliphatic carbocycles. The number of benzene rings is 1. The van der Waals surface area contributed by atoms with E-state index in [1.165, 1.54) is 11.3 Å². The summed E-state index contributed by atoms with van der Waals surface area (Å²) in [7, 11) is 0. The van der Waals surface area contributed by atoms with Crippen molar-refractivity contribution in [1.29, 1.82) is 0 Å². The summed E-state index contributed by atoms with van der Waals surface area (Å²) in [6.45, 7) is 4.23. The molecule has 0 aliphatic rings. The van der Waals surface area contributed by atoms with Crippen LogP contribution in [0, 0.1) is 0 Å². The van der Waals surface area contributed by atoms with Gasteiger partial charge in [0, 0.05) is 17.8 Å². The molecule has 2 aromatic rings. The highest BCUT2D eigenvalue weighted by Gasteiger charge is 2.14. The van der Waals surface area contributed by atoms with E-state index in [1.54, 1.807) is 29.6 Å². The van der Waals surface area contributed by atoms with Crippen molar-refractivity contribution in [2.75, 3.05) is 17.2 Å². The van der Waals surface area contributed by atoms with Crippen LogP contribution in [0.4, 0.5) is 16.2 Å². The number of hydrogen-bond donors (Lipinski definition) is 4. The lowest BCUT2D eigenvalue weighted by molar-refractivity contribution is 0.102. The van der Waals surface area contributed by atoms with Crippen LogP contribution < -0.4 is 21.7 Å². The van der Waals surface area contributed by atoms with Gasteiger partial charge in [-0.05, 0) is 32.5 Å². The molecular formula is C16H22ClN5O2S. The number of rotatable bonds is 6. The van der Waals surface area contributed by atoms with Crippen LogP contribution in [0.15, 0.2) is 29.6 Å². The molecule has 0 unspecified atom stereocenters. The van der Waals surface area contributed by atoms with Crippen molar-refractivity contribution < 1.29 is 9.59 Å². The van der Waals surface area contributed by atoms with Gasteiger partial charge in [0.1, 0.15) is 5.69 Å². The first-order valence-electron chi connectivity index (χ1n) is 7.62. The van der Waals surface area contributed by atoms with Crippen LogP contribution in [0.1, 0.15) is 29.3 Å². The average molecular weight is 384 g/mol. The smallest absolute Gasteiger partial charge is 0.319 e. The molecule has 25 heavy (non-hydrogen) atoms. The summed E-state index contributed by atoms with van der Waals surface area (Å²) < 4.78 is 0. The number of halogens is 1. The number of urea groups is 1. The van der Waals surface area contributed by atoms with Gasteiger partial charge in [-0.3, -0.25) is 4.79 Å². The molecular weight excluding hydrogens is 362 g/mol. The molecule has 2 rings (SSSR count). The zero-order valence-electron chi connectivity index (χ0n) is 14.0. The lowest BCUT2D eigenvalue weighted by Crippen LogP contribution is -2.34. The number of aromatic nitrogens is 1. The molecule has 5 N–H and O–H groups in total. The molecule has 136 valence electrons. The van der Waals surface area contributed by atoms with E-state index in [2.05, 4.69) is 20.9 Å². The quantitative estimate of drug-likeness (QED) is 0.614. The number of thiazole rings is 1. The number of carbonyl (C=O) groups excluding carboxylic acids is 2. The third-order valence-electron chi connectivity index (χ3n) is 2.99. The minimum atomic E-state index is -0.328. The molecule has 0 spiro atoms. The van der Waals surface area contributed by atoms with Crippen molar-refractivity contribution in [3.8, 4) is 0 Å². The van der Waals surface area contributed by atoms with Crippen LogP contribution in [-0.2, 0) is 6.42 Å². The Morgan fingerprint density at radius 3 is 2.44 bits per heavy atom. The number of amides is 3. The monoisotopic (exact) mass is 383 g/mol. The molecule has 1 heterocycles. The average Bonchev–Trinajstić information content (AvgIpc) is 2.97. The van der Waals surface area contributed by atoms with Crippen LogP contribution in [0.5, 0.6) is 0 Å². The van der Waals surface area contributed by atoms with Crippen molar-refractivity contribution in [1.82, 2.24) is 10.3 Å². The third-order valence-corrected chi connectivity index (χ3v) is 3.89. The Hall–Kier alpha value is -2.16. The van der Waals surface area contributed by atoms with Gasteiger partial charge in [0.25, 0.3) is 5.91 Å². The molecule has 3 amide bonds. The van der Waals surface area contributed by atoms with Gasteiger partial charge in [0.05, 0.1) is 16.4 Å². The van der Waals surface area contributed by atoms with Gasteiger partial charge in [0.15, 0.2) is 0 Å². The van der Waals surface area contributed by atoms with E-state index < -0.39 is 0 Å². The van der Waals surface area contributed by atoms with E-state index in [0.29, 0.717) is 30.0 Å². The summed E-state index contributed by atoms with van der Waals surface area (Å²) in [6, 6.07) is 6.69. The number of para-hydroxylation sites is 2. The number of nitrogens with one attached hydrogen (secondary N) is 3. The molecule has 0 saturated heterocycles. The second-order valence-electron chi connectivity index (χ2n) is 5.42. The van der Waals surface area contributed by atoms with Gasteiger partial charge in [0.2, 0.25) is 0 Å². The van der Waals surface area contributed by atoms with E-state index in [4.69, 9.17) is 5.73 Å². The van der Waals surface area contributed by atoms with Crippen molar-refractivity contribution in [3.05, 3.63) is 40.3 Å². The second kappa shape index (κ2) is 9.97. The number of hydrogen-bond acceptors (Lipinski definition) is 5. The molecule has 9 heteroatoms. The van der Waals surface area contributed by atoms with Gasteiger partial charge in [-0.25, -0.2) is 9.78 Å². The fraction of sp³-hybridized carbons (Fsp3) is 0.312. The van der Waals surface area contributed by atoms with Crippen LogP contribution in [0.3, 0.4) is 0 Å². The topological polar surface area (TPSA) is 109 Å². The van der Waals surface area contributed by atoms with Gasteiger partial charge in [-0.2, -0.15) is 0 Å². The van der Waals surface area contributed by atoms with E-state index in [0.717, 1.165) is 5.01 Å². The van der Waals surface area contributed by atoms with E-state index in [1.807, 2.05) is 13.8 Å². The Kier molecular flexibility index (Phi) is 8.33. The molecule has 0 saturated carbocycles. The zero-order chi connectivity index (χ0) is 17.5. The summed E-state index contributed by atoms with van der Waals surface area (Å²) in [5.41, 5.74) is 6.85. The molecule has 0 fully saturated rings. The number of carbonyl (C=O) groups is 2. The van der Waals surface area contributed by atoms with Gasteiger partial charge in [-0.15, -0.1) is 23.7 Å². The largest absolute Gasteiger partial charge is 0.336 e. The maximum absolute atomic E-state index is 12.3. The SMILES string of the molecule is CC(C)NC(=O)Nc1ccccc1NC(=O)c1csc(CCN)n1.Cl. The molecule has 1 aromatic heterocycles. The number of nitrogens with two attached hydrogens (primary N) is 1. The van der Waals surface area contributed by atoms with Crippen molar-refractivity contribution >= 4 is 47.1 Å².